The minimum absolute atomic E-state index is 0.135. The van der Waals surface area contributed by atoms with Crippen molar-refractivity contribution >= 4 is 0 Å². The van der Waals surface area contributed by atoms with Crippen LogP contribution in [-0.2, 0) is 13.0 Å². The van der Waals surface area contributed by atoms with Crippen LogP contribution in [0.15, 0.2) is 42.5 Å². The molecule has 1 aliphatic carbocycles. The summed E-state index contributed by atoms with van der Waals surface area (Å²) in [6.07, 6.45) is 3.22. The summed E-state index contributed by atoms with van der Waals surface area (Å²) in [7, 11) is 0. The van der Waals surface area contributed by atoms with Crippen molar-refractivity contribution in [3.63, 3.8) is 0 Å². The highest BCUT2D eigenvalue weighted by Gasteiger charge is 2.23. The van der Waals surface area contributed by atoms with Crippen molar-refractivity contribution < 1.29 is 14.2 Å². The molecule has 0 unspecified atom stereocenters. The monoisotopic (exact) mass is 272 g/mol. The minimum atomic E-state index is -0.269. The molecule has 0 aliphatic heterocycles. The fourth-order valence-electron chi connectivity index (χ4n) is 2.12. The predicted molar refractivity (Wildman–Crippen MR) is 75.2 cm³/mol. The summed E-state index contributed by atoms with van der Waals surface area (Å²) in [6.45, 7) is -0.135. The smallest absolute Gasteiger partial charge is 0.127 e. The fourth-order valence-corrected chi connectivity index (χ4v) is 2.12. The third-order valence-electron chi connectivity index (χ3n) is 3.45. The molecule has 1 N–H and O–H groups in total. The second-order valence-electron chi connectivity index (χ2n) is 5.22. The number of hydrogen-bond acceptors (Lipinski definition) is 2. The summed E-state index contributed by atoms with van der Waals surface area (Å²) >= 11 is 0. The van der Waals surface area contributed by atoms with E-state index in [2.05, 4.69) is 0 Å². The maximum absolute atomic E-state index is 13.8. The van der Waals surface area contributed by atoms with Gasteiger partial charge in [-0.3, -0.25) is 0 Å². The van der Waals surface area contributed by atoms with Crippen molar-refractivity contribution in [2.24, 2.45) is 0 Å². The van der Waals surface area contributed by atoms with E-state index in [0.717, 1.165) is 24.2 Å². The van der Waals surface area contributed by atoms with Gasteiger partial charge in [0.25, 0.3) is 0 Å². The summed E-state index contributed by atoms with van der Waals surface area (Å²) in [6, 6.07) is 12.7. The van der Waals surface area contributed by atoms with E-state index in [9.17, 15) is 4.39 Å². The van der Waals surface area contributed by atoms with Crippen LogP contribution in [0, 0.1) is 5.82 Å². The first-order valence-electron chi connectivity index (χ1n) is 6.88. The molecule has 0 spiro atoms. The third-order valence-corrected chi connectivity index (χ3v) is 3.45. The molecule has 0 bridgehead atoms. The van der Waals surface area contributed by atoms with E-state index in [1.54, 1.807) is 12.1 Å². The molecule has 1 aliphatic rings. The molecule has 20 heavy (non-hydrogen) atoms. The van der Waals surface area contributed by atoms with Gasteiger partial charge in [0, 0.05) is 6.42 Å². The van der Waals surface area contributed by atoms with Crippen molar-refractivity contribution in [1.82, 2.24) is 0 Å². The van der Waals surface area contributed by atoms with Crippen LogP contribution in [0.5, 0.6) is 5.75 Å². The molecular weight excluding hydrogens is 255 g/mol. The van der Waals surface area contributed by atoms with Crippen molar-refractivity contribution in [2.45, 2.75) is 32.0 Å². The highest BCUT2D eigenvalue weighted by atomic mass is 19.1. The number of aliphatic hydroxyl groups is 1. The molecule has 0 radical (unpaired) electrons. The van der Waals surface area contributed by atoms with Crippen LogP contribution in [-0.4, -0.2) is 11.2 Å². The van der Waals surface area contributed by atoms with Gasteiger partial charge in [-0.05, 0) is 47.7 Å². The highest BCUT2D eigenvalue weighted by molar-refractivity contribution is 5.33. The lowest BCUT2D eigenvalue weighted by molar-refractivity contribution is 0.281. The van der Waals surface area contributed by atoms with Crippen LogP contribution in [0.4, 0.5) is 4.39 Å². The first-order valence-corrected chi connectivity index (χ1v) is 6.88. The van der Waals surface area contributed by atoms with Gasteiger partial charge in [0.1, 0.15) is 11.6 Å². The van der Waals surface area contributed by atoms with Gasteiger partial charge in [-0.25, -0.2) is 4.39 Å². The highest BCUT2D eigenvalue weighted by Crippen LogP contribution is 2.27. The Morgan fingerprint density at radius 2 is 1.75 bits per heavy atom. The van der Waals surface area contributed by atoms with Crippen LogP contribution in [0.1, 0.15) is 29.5 Å². The van der Waals surface area contributed by atoms with Gasteiger partial charge < -0.3 is 9.84 Å². The largest absolute Gasteiger partial charge is 0.490 e. The molecule has 0 aromatic heterocycles. The van der Waals surface area contributed by atoms with Crippen LogP contribution < -0.4 is 4.74 Å². The first-order chi connectivity index (χ1) is 9.74. The maximum Gasteiger partial charge on any atom is 0.127 e. The zero-order valence-corrected chi connectivity index (χ0v) is 11.2. The van der Waals surface area contributed by atoms with Gasteiger partial charge in [0.05, 0.1) is 12.7 Å². The van der Waals surface area contributed by atoms with E-state index in [1.807, 2.05) is 24.3 Å². The SMILES string of the molecule is OCc1ccc(Cc2ccc(OC3CC3)cc2)c(F)c1. The first kappa shape index (κ1) is 13.1. The average molecular weight is 272 g/mol. The predicted octanol–water partition coefficient (Wildman–Crippen LogP) is 3.45. The van der Waals surface area contributed by atoms with Crippen molar-refractivity contribution in [2.75, 3.05) is 0 Å². The lowest BCUT2D eigenvalue weighted by Crippen LogP contribution is -1.97. The van der Waals surface area contributed by atoms with E-state index in [-0.39, 0.29) is 12.4 Å². The Balaban J connectivity index is 1.70. The molecule has 3 rings (SSSR count). The van der Waals surface area contributed by atoms with Crippen molar-refractivity contribution in [3.05, 3.63) is 65.0 Å². The lowest BCUT2D eigenvalue weighted by atomic mass is 10.0. The summed E-state index contributed by atoms with van der Waals surface area (Å²) in [5.74, 6) is 0.613. The molecule has 0 heterocycles. The molecule has 0 amide bonds. The quantitative estimate of drug-likeness (QED) is 0.903. The van der Waals surface area contributed by atoms with E-state index >= 15 is 0 Å². The number of benzene rings is 2. The molecule has 104 valence electrons. The molecule has 0 atom stereocenters. The van der Waals surface area contributed by atoms with Gasteiger partial charge in [-0.1, -0.05) is 24.3 Å². The molecular formula is C17H17FO2. The Hall–Kier alpha value is -1.87. The zero-order valence-electron chi connectivity index (χ0n) is 11.2. The Labute approximate surface area is 117 Å². The van der Waals surface area contributed by atoms with Gasteiger partial charge >= 0.3 is 0 Å². The number of ether oxygens (including phenoxy) is 1. The number of aliphatic hydroxyl groups excluding tert-OH is 1. The Bertz CT molecular complexity index is 588. The van der Waals surface area contributed by atoms with Gasteiger partial charge in [0.2, 0.25) is 0 Å². The summed E-state index contributed by atoms with van der Waals surface area (Å²) in [5.41, 5.74) is 2.28. The number of hydrogen-bond donors (Lipinski definition) is 1. The summed E-state index contributed by atoms with van der Waals surface area (Å²) in [5, 5.41) is 8.97. The van der Waals surface area contributed by atoms with Crippen LogP contribution in [0.2, 0.25) is 0 Å². The molecule has 1 saturated carbocycles. The summed E-state index contributed by atoms with van der Waals surface area (Å²) in [4.78, 5) is 0. The second-order valence-corrected chi connectivity index (χ2v) is 5.22. The Morgan fingerprint density at radius 3 is 2.35 bits per heavy atom. The van der Waals surface area contributed by atoms with E-state index in [0.29, 0.717) is 23.7 Å². The molecule has 2 aromatic rings. The second kappa shape index (κ2) is 5.63. The van der Waals surface area contributed by atoms with Crippen molar-refractivity contribution in [1.29, 1.82) is 0 Å². The topological polar surface area (TPSA) is 29.5 Å². The fraction of sp³-hybridized carbons (Fsp3) is 0.294. The van der Waals surface area contributed by atoms with E-state index < -0.39 is 0 Å². The van der Waals surface area contributed by atoms with Crippen LogP contribution in [0.25, 0.3) is 0 Å². The Morgan fingerprint density at radius 1 is 1.05 bits per heavy atom. The van der Waals surface area contributed by atoms with Crippen LogP contribution in [0.3, 0.4) is 0 Å². The molecule has 2 aromatic carbocycles. The number of rotatable bonds is 5. The summed E-state index contributed by atoms with van der Waals surface area (Å²) < 4.78 is 19.5. The molecule has 0 saturated heterocycles. The number of halogens is 1. The lowest BCUT2D eigenvalue weighted by Gasteiger charge is -2.07. The normalized spacial score (nSPS) is 14.3. The standard InChI is InChI=1S/C17H17FO2/c18-17-10-13(11-19)1-4-14(17)9-12-2-5-15(6-3-12)20-16-7-8-16/h1-6,10,16,19H,7-9,11H2. The van der Waals surface area contributed by atoms with E-state index in [4.69, 9.17) is 9.84 Å². The van der Waals surface area contributed by atoms with Crippen molar-refractivity contribution in [3.8, 4) is 5.75 Å². The molecule has 2 nitrogen and oxygen atoms in total. The van der Waals surface area contributed by atoms with Gasteiger partial charge in [-0.15, -0.1) is 0 Å². The van der Waals surface area contributed by atoms with Crippen LogP contribution >= 0.6 is 0 Å². The average Bonchev–Trinajstić information content (AvgIpc) is 3.27. The third kappa shape index (κ3) is 3.17. The minimum Gasteiger partial charge on any atom is -0.490 e. The Kier molecular flexibility index (Phi) is 3.70. The van der Waals surface area contributed by atoms with E-state index in [1.165, 1.54) is 6.07 Å². The van der Waals surface area contributed by atoms with Gasteiger partial charge in [0.15, 0.2) is 0 Å². The molecule has 1 fully saturated rings. The molecule has 3 heteroatoms. The van der Waals surface area contributed by atoms with Gasteiger partial charge in [-0.2, -0.15) is 0 Å². The maximum atomic E-state index is 13.8. The zero-order chi connectivity index (χ0) is 13.9.